The molecule has 4 rings (SSSR count). The summed E-state index contributed by atoms with van der Waals surface area (Å²) in [7, 11) is 0. The van der Waals surface area contributed by atoms with Crippen molar-refractivity contribution in [3.05, 3.63) is 65.7 Å². The molecule has 2 saturated heterocycles. The fourth-order valence-corrected chi connectivity index (χ4v) is 4.47. The maximum absolute atomic E-state index is 13.1. The number of rotatable bonds is 5. The molecule has 2 bridgehead atoms. The van der Waals surface area contributed by atoms with Gasteiger partial charge in [0.15, 0.2) is 0 Å². The lowest BCUT2D eigenvalue weighted by molar-refractivity contribution is 0.0680. The molecule has 150 valence electrons. The molecular formula is C23H30ClN3O. The van der Waals surface area contributed by atoms with Crippen LogP contribution >= 0.6 is 12.4 Å². The second-order valence-electron chi connectivity index (χ2n) is 7.64. The van der Waals surface area contributed by atoms with Gasteiger partial charge >= 0.3 is 0 Å². The lowest BCUT2D eigenvalue weighted by Gasteiger charge is -2.28. The summed E-state index contributed by atoms with van der Waals surface area (Å²) in [5.41, 5.74) is 3.28. The third-order valence-electron chi connectivity index (χ3n) is 5.97. The molecule has 2 aliphatic rings. The Labute approximate surface area is 174 Å². The highest BCUT2D eigenvalue weighted by Gasteiger charge is 2.38. The third-order valence-corrected chi connectivity index (χ3v) is 5.97. The normalized spacial score (nSPS) is 21.0. The smallest absolute Gasteiger partial charge is 0.254 e. The van der Waals surface area contributed by atoms with Crippen LogP contribution in [0.15, 0.2) is 54.6 Å². The van der Waals surface area contributed by atoms with Crippen LogP contribution in [0.5, 0.6) is 0 Å². The molecule has 2 aliphatic heterocycles. The molecule has 28 heavy (non-hydrogen) atoms. The SMILES string of the molecule is CCN(Cc1ccccc1)c1ccc(C(=O)N2C3CCNCC2CC3)cc1.Cl. The van der Waals surface area contributed by atoms with Crippen LogP contribution in [0, 0.1) is 0 Å². The molecule has 2 atom stereocenters. The van der Waals surface area contributed by atoms with E-state index in [1.54, 1.807) is 0 Å². The van der Waals surface area contributed by atoms with Gasteiger partial charge in [-0.25, -0.2) is 0 Å². The van der Waals surface area contributed by atoms with Gasteiger partial charge in [-0.3, -0.25) is 4.79 Å². The number of hydrogen-bond donors (Lipinski definition) is 1. The number of hydrogen-bond acceptors (Lipinski definition) is 3. The first kappa shape index (κ1) is 20.7. The summed E-state index contributed by atoms with van der Waals surface area (Å²) in [5.74, 6) is 0.198. The minimum absolute atomic E-state index is 0. The fraction of sp³-hybridized carbons (Fsp3) is 0.435. The van der Waals surface area contributed by atoms with E-state index in [0.717, 1.165) is 51.0 Å². The van der Waals surface area contributed by atoms with Crippen LogP contribution in [-0.4, -0.2) is 42.5 Å². The Morgan fingerprint density at radius 1 is 1.04 bits per heavy atom. The summed E-state index contributed by atoms with van der Waals surface area (Å²) < 4.78 is 0. The quantitative estimate of drug-likeness (QED) is 0.822. The van der Waals surface area contributed by atoms with Gasteiger partial charge in [0.1, 0.15) is 0 Å². The van der Waals surface area contributed by atoms with Crippen LogP contribution in [0.3, 0.4) is 0 Å². The summed E-state index contributed by atoms with van der Waals surface area (Å²) in [6.07, 6.45) is 3.35. The molecule has 2 unspecified atom stereocenters. The topological polar surface area (TPSA) is 35.6 Å². The first-order valence-corrected chi connectivity index (χ1v) is 10.2. The van der Waals surface area contributed by atoms with Gasteiger partial charge in [0.05, 0.1) is 0 Å². The summed E-state index contributed by atoms with van der Waals surface area (Å²) in [6.45, 7) is 5.94. The molecule has 2 aromatic rings. The van der Waals surface area contributed by atoms with Crippen molar-refractivity contribution >= 4 is 24.0 Å². The molecule has 0 aliphatic carbocycles. The largest absolute Gasteiger partial charge is 0.367 e. The van der Waals surface area contributed by atoms with Crippen molar-refractivity contribution in [2.24, 2.45) is 0 Å². The molecule has 0 spiro atoms. The van der Waals surface area contributed by atoms with Crippen LogP contribution in [0.2, 0.25) is 0 Å². The van der Waals surface area contributed by atoms with Gasteiger partial charge < -0.3 is 15.1 Å². The van der Waals surface area contributed by atoms with Crippen molar-refractivity contribution in [3.8, 4) is 0 Å². The minimum Gasteiger partial charge on any atom is -0.367 e. The highest BCUT2D eigenvalue weighted by Crippen LogP contribution is 2.30. The Morgan fingerprint density at radius 2 is 1.75 bits per heavy atom. The number of carbonyl (C=O) groups is 1. The Balaban J connectivity index is 0.00000225. The number of nitrogens with one attached hydrogen (secondary N) is 1. The number of halogens is 1. The number of carbonyl (C=O) groups excluding carboxylic acids is 1. The molecule has 1 N–H and O–H groups in total. The average molecular weight is 400 g/mol. The zero-order chi connectivity index (χ0) is 18.6. The molecule has 2 aromatic carbocycles. The van der Waals surface area contributed by atoms with E-state index in [4.69, 9.17) is 0 Å². The minimum atomic E-state index is 0. The van der Waals surface area contributed by atoms with Crippen molar-refractivity contribution in [2.45, 2.75) is 44.8 Å². The monoisotopic (exact) mass is 399 g/mol. The predicted octanol–water partition coefficient (Wildman–Crippen LogP) is 4.10. The van der Waals surface area contributed by atoms with E-state index < -0.39 is 0 Å². The van der Waals surface area contributed by atoms with Crippen molar-refractivity contribution in [2.75, 3.05) is 24.5 Å². The summed E-state index contributed by atoms with van der Waals surface area (Å²) in [5, 5.41) is 3.47. The van der Waals surface area contributed by atoms with E-state index in [0.29, 0.717) is 12.1 Å². The highest BCUT2D eigenvalue weighted by molar-refractivity contribution is 5.95. The fourth-order valence-electron chi connectivity index (χ4n) is 4.47. The number of benzene rings is 2. The molecule has 5 heteroatoms. The van der Waals surface area contributed by atoms with E-state index in [2.05, 4.69) is 58.4 Å². The van der Waals surface area contributed by atoms with Crippen molar-refractivity contribution in [1.29, 1.82) is 0 Å². The number of fused-ring (bicyclic) bond motifs is 2. The molecular weight excluding hydrogens is 370 g/mol. The Hall–Kier alpha value is -2.04. The van der Waals surface area contributed by atoms with Gasteiger partial charge in [-0.1, -0.05) is 30.3 Å². The summed E-state index contributed by atoms with van der Waals surface area (Å²) >= 11 is 0. The molecule has 0 radical (unpaired) electrons. The number of anilines is 1. The van der Waals surface area contributed by atoms with Crippen LogP contribution in [-0.2, 0) is 6.54 Å². The van der Waals surface area contributed by atoms with Crippen LogP contribution in [0.25, 0.3) is 0 Å². The second kappa shape index (κ2) is 9.44. The van der Waals surface area contributed by atoms with Crippen molar-refractivity contribution < 1.29 is 4.79 Å². The average Bonchev–Trinajstić information content (AvgIpc) is 2.99. The van der Waals surface area contributed by atoms with E-state index >= 15 is 0 Å². The highest BCUT2D eigenvalue weighted by atomic mass is 35.5. The van der Waals surface area contributed by atoms with Crippen molar-refractivity contribution in [3.63, 3.8) is 0 Å². The van der Waals surface area contributed by atoms with Gasteiger partial charge in [-0.15, -0.1) is 12.4 Å². The van der Waals surface area contributed by atoms with Crippen LogP contribution in [0.1, 0.15) is 42.1 Å². The van der Waals surface area contributed by atoms with Gasteiger partial charge in [0.25, 0.3) is 5.91 Å². The molecule has 2 heterocycles. The zero-order valence-electron chi connectivity index (χ0n) is 16.5. The van der Waals surface area contributed by atoms with E-state index in [-0.39, 0.29) is 18.3 Å². The predicted molar refractivity (Wildman–Crippen MR) is 117 cm³/mol. The Bertz CT molecular complexity index is 751. The molecule has 1 amide bonds. The molecule has 0 aromatic heterocycles. The standard InChI is InChI=1S/C23H29N3O.ClH/c1-2-25(17-18-6-4-3-5-7-18)20-10-8-19(9-11-20)23(27)26-21-12-13-22(26)16-24-15-14-21;/h3-11,21-22,24H,2,12-17H2,1H3;1H. The first-order valence-electron chi connectivity index (χ1n) is 10.2. The summed E-state index contributed by atoms with van der Waals surface area (Å²) in [6, 6.07) is 19.5. The first-order chi connectivity index (χ1) is 13.3. The number of nitrogens with zero attached hydrogens (tertiary/aromatic N) is 2. The van der Waals surface area contributed by atoms with Crippen molar-refractivity contribution in [1.82, 2.24) is 10.2 Å². The maximum atomic E-state index is 13.1. The molecule has 2 fully saturated rings. The van der Waals surface area contributed by atoms with Crippen LogP contribution < -0.4 is 10.2 Å². The van der Waals surface area contributed by atoms with Crippen LogP contribution in [0.4, 0.5) is 5.69 Å². The Morgan fingerprint density at radius 3 is 2.46 bits per heavy atom. The Kier molecular flexibility index (Phi) is 6.97. The lowest BCUT2D eigenvalue weighted by atomic mass is 10.1. The third kappa shape index (κ3) is 4.34. The van der Waals surface area contributed by atoms with Gasteiger partial charge in [-0.05, 0) is 62.6 Å². The maximum Gasteiger partial charge on any atom is 0.254 e. The van der Waals surface area contributed by atoms with E-state index in [9.17, 15) is 4.79 Å². The zero-order valence-corrected chi connectivity index (χ0v) is 17.3. The molecule has 0 saturated carbocycles. The van der Waals surface area contributed by atoms with Gasteiger partial charge in [0.2, 0.25) is 0 Å². The van der Waals surface area contributed by atoms with E-state index in [1.165, 1.54) is 11.3 Å². The summed E-state index contributed by atoms with van der Waals surface area (Å²) in [4.78, 5) is 17.6. The lowest BCUT2D eigenvalue weighted by Crippen LogP contribution is -2.42. The number of amides is 1. The van der Waals surface area contributed by atoms with Gasteiger partial charge in [-0.2, -0.15) is 0 Å². The van der Waals surface area contributed by atoms with E-state index in [1.807, 2.05) is 18.2 Å². The van der Waals surface area contributed by atoms with Gasteiger partial charge in [0, 0.05) is 43.0 Å². The molecule has 4 nitrogen and oxygen atoms in total. The second-order valence-corrected chi connectivity index (χ2v) is 7.64.